The number of nitrogens with one attached hydrogen (secondary N) is 1. The summed E-state index contributed by atoms with van der Waals surface area (Å²) in [6.45, 7) is 8.30. The van der Waals surface area contributed by atoms with Crippen LogP contribution in [0.3, 0.4) is 0 Å². The van der Waals surface area contributed by atoms with Crippen LogP contribution in [0.4, 0.5) is 0 Å². The lowest BCUT2D eigenvalue weighted by Gasteiger charge is -2.37. The summed E-state index contributed by atoms with van der Waals surface area (Å²) in [5.41, 5.74) is 0. The number of hydrogen-bond acceptors (Lipinski definition) is 4. The van der Waals surface area contributed by atoms with Crippen LogP contribution in [0.25, 0.3) is 0 Å². The summed E-state index contributed by atoms with van der Waals surface area (Å²) in [6, 6.07) is 0.723. The van der Waals surface area contributed by atoms with E-state index in [1.807, 2.05) is 0 Å². The standard InChI is InChI=1S/C12H24N2O2/c1-2-14(11-9-13-10-11)6-8-16-12-5-3-4-7-15-12/h11-13H,2-10H2,1H3. The van der Waals surface area contributed by atoms with E-state index in [9.17, 15) is 0 Å². The fourth-order valence-corrected chi connectivity index (χ4v) is 2.27. The second-order valence-electron chi connectivity index (χ2n) is 4.61. The number of ether oxygens (including phenoxy) is 2. The maximum atomic E-state index is 5.75. The highest BCUT2D eigenvalue weighted by molar-refractivity contribution is 4.83. The zero-order valence-corrected chi connectivity index (χ0v) is 10.3. The van der Waals surface area contributed by atoms with Crippen LogP contribution in [0.5, 0.6) is 0 Å². The van der Waals surface area contributed by atoms with E-state index in [1.165, 1.54) is 12.8 Å². The third kappa shape index (κ3) is 3.42. The summed E-state index contributed by atoms with van der Waals surface area (Å²) in [5, 5.41) is 3.31. The van der Waals surface area contributed by atoms with Gasteiger partial charge in [0.1, 0.15) is 0 Å². The van der Waals surface area contributed by atoms with Gasteiger partial charge < -0.3 is 14.8 Å². The lowest BCUT2D eigenvalue weighted by molar-refractivity contribution is -0.165. The van der Waals surface area contributed by atoms with Gasteiger partial charge in [-0.05, 0) is 25.8 Å². The third-order valence-corrected chi connectivity index (χ3v) is 3.50. The van der Waals surface area contributed by atoms with E-state index in [2.05, 4.69) is 17.1 Å². The van der Waals surface area contributed by atoms with Gasteiger partial charge in [0, 0.05) is 32.3 Å². The normalized spacial score (nSPS) is 27.0. The minimum atomic E-state index is 0.0620. The maximum Gasteiger partial charge on any atom is 0.157 e. The summed E-state index contributed by atoms with van der Waals surface area (Å²) in [7, 11) is 0. The molecule has 1 atom stereocenters. The van der Waals surface area contributed by atoms with Crippen LogP contribution in [0.2, 0.25) is 0 Å². The first-order chi connectivity index (χ1) is 7.90. The smallest absolute Gasteiger partial charge is 0.157 e. The molecule has 0 spiro atoms. The number of likely N-dealkylation sites (N-methyl/N-ethyl adjacent to an activating group) is 1. The molecule has 0 aromatic carbocycles. The van der Waals surface area contributed by atoms with Crippen LogP contribution in [0.1, 0.15) is 26.2 Å². The van der Waals surface area contributed by atoms with Gasteiger partial charge in [-0.1, -0.05) is 6.92 Å². The Morgan fingerprint density at radius 3 is 2.81 bits per heavy atom. The van der Waals surface area contributed by atoms with Crippen molar-refractivity contribution in [1.82, 2.24) is 10.2 Å². The van der Waals surface area contributed by atoms with Gasteiger partial charge in [-0.25, -0.2) is 0 Å². The Balaban J connectivity index is 1.58. The van der Waals surface area contributed by atoms with Crippen molar-refractivity contribution in [2.75, 3.05) is 39.4 Å². The molecule has 0 aromatic rings. The molecule has 0 aliphatic carbocycles. The van der Waals surface area contributed by atoms with Crippen LogP contribution in [0.15, 0.2) is 0 Å². The fraction of sp³-hybridized carbons (Fsp3) is 1.00. The molecule has 2 aliphatic heterocycles. The maximum absolute atomic E-state index is 5.75. The van der Waals surface area contributed by atoms with E-state index in [-0.39, 0.29) is 6.29 Å². The predicted molar refractivity (Wildman–Crippen MR) is 63.4 cm³/mol. The minimum absolute atomic E-state index is 0.0620. The number of hydrogen-bond donors (Lipinski definition) is 1. The Morgan fingerprint density at radius 2 is 2.25 bits per heavy atom. The molecule has 2 saturated heterocycles. The van der Waals surface area contributed by atoms with Crippen LogP contribution >= 0.6 is 0 Å². The van der Waals surface area contributed by atoms with Gasteiger partial charge in [0.2, 0.25) is 0 Å². The van der Waals surface area contributed by atoms with Crippen LogP contribution < -0.4 is 5.32 Å². The molecule has 0 bridgehead atoms. The average Bonchev–Trinajstić information content (AvgIpc) is 2.26. The molecular weight excluding hydrogens is 204 g/mol. The SMILES string of the molecule is CCN(CCOC1CCCCO1)C1CNC1. The average molecular weight is 228 g/mol. The molecule has 2 rings (SSSR count). The number of rotatable bonds is 6. The monoisotopic (exact) mass is 228 g/mol. The van der Waals surface area contributed by atoms with Gasteiger partial charge in [-0.3, -0.25) is 4.90 Å². The molecule has 4 nitrogen and oxygen atoms in total. The zero-order valence-electron chi connectivity index (χ0n) is 10.3. The van der Waals surface area contributed by atoms with Crippen molar-refractivity contribution in [3.63, 3.8) is 0 Å². The first-order valence-corrected chi connectivity index (χ1v) is 6.58. The van der Waals surface area contributed by atoms with E-state index in [0.717, 1.165) is 51.9 Å². The van der Waals surface area contributed by atoms with Gasteiger partial charge >= 0.3 is 0 Å². The van der Waals surface area contributed by atoms with Crippen molar-refractivity contribution in [1.29, 1.82) is 0 Å². The van der Waals surface area contributed by atoms with Gasteiger partial charge in [0.05, 0.1) is 6.61 Å². The molecule has 0 radical (unpaired) electrons. The van der Waals surface area contributed by atoms with Crippen molar-refractivity contribution in [3.05, 3.63) is 0 Å². The second-order valence-corrected chi connectivity index (χ2v) is 4.61. The van der Waals surface area contributed by atoms with Gasteiger partial charge in [-0.15, -0.1) is 0 Å². The summed E-state index contributed by atoms with van der Waals surface area (Å²) >= 11 is 0. The molecule has 0 amide bonds. The summed E-state index contributed by atoms with van der Waals surface area (Å²) < 4.78 is 11.3. The lowest BCUT2D eigenvalue weighted by Crippen LogP contribution is -2.57. The van der Waals surface area contributed by atoms with Crippen molar-refractivity contribution >= 4 is 0 Å². The lowest BCUT2D eigenvalue weighted by atomic mass is 10.1. The summed E-state index contributed by atoms with van der Waals surface area (Å²) in [5.74, 6) is 0. The van der Waals surface area contributed by atoms with Crippen molar-refractivity contribution < 1.29 is 9.47 Å². The Labute approximate surface area is 98.3 Å². The first-order valence-electron chi connectivity index (χ1n) is 6.58. The highest BCUT2D eigenvalue weighted by Gasteiger charge is 2.23. The molecule has 2 fully saturated rings. The second kappa shape index (κ2) is 6.55. The van der Waals surface area contributed by atoms with Gasteiger partial charge in [0.15, 0.2) is 6.29 Å². The zero-order chi connectivity index (χ0) is 11.2. The number of nitrogens with zero attached hydrogens (tertiary/aromatic N) is 1. The molecule has 16 heavy (non-hydrogen) atoms. The molecule has 4 heteroatoms. The molecule has 94 valence electrons. The van der Waals surface area contributed by atoms with E-state index < -0.39 is 0 Å². The molecular formula is C12H24N2O2. The Kier molecular flexibility index (Phi) is 5.03. The highest BCUT2D eigenvalue weighted by Crippen LogP contribution is 2.13. The summed E-state index contributed by atoms with van der Waals surface area (Å²) in [4.78, 5) is 2.49. The first kappa shape index (κ1) is 12.3. The summed E-state index contributed by atoms with van der Waals surface area (Å²) in [6.07, 6.45) is 3.56. The fourth-order valence-electron chi connectivity index (χ4n) is 2.27. The topological polar surface area (TPSA) is 33.7 Å². The molecule has 0 saturated carbocycles. The third-order valence-electron chi connectivity index (χ3n) is 3.50. The van der Waals surface area contributed by atoms with E-state index in [1.54, 1.807) is 0 Å². The largest absolute Gasteiger partial charge is 0.353 e. The van der Waals surface area contributed by atoms with E-state index in [0.29, 0.717) is 0 Å². The Bertz CT molecular complexity index is 191. The Hall–Kier alpha value is -0.160. The van der Waals surface area contributed by atoms with Crippen LogP contribution in [0, 0.1) is 0 Å². The molecule has 1 unspecified atom stereocenters. The Morgan fingerprint density at radius 1 is 1.38 bits per heavy atom. The quantitative estimate of drug-likeness (QED) is 0.730. The van der Waals surface area contributed by atoms with Gasteiger partial charge in [0.25, 0.3) is 0 Å². The van der Waals surface area contributed by atoms with Crippen LogP contribution in [-0.4, -0.2) is 56.6 Å². The molecule has 2 heterocycles. The molecule has 1 N–H and O–H groups in total. The van der Waals surface area contributed by atoms with E-state index in [4.69, 9.17) is 9.47 Å². The highest BCUT2D eigenvalue weighted by atomic mass is 16.7. The van der Waals surface area contributed by atoms with Crippen molar-refractivity contribution in [3.8, 4) is 0 Å². The van der Waals surface area contributed by atoms with Crippen molar-refractivity contribution in [2.24, 2.45) is 0 Å². The van der Waals surface area contributed by atoms with Crippen LogP contribution in [-0.2, 0) is 9.47 Å². The molecule has 2 aliphatic rings. The van der Waals surface area contributed by atoms with E-state index >= 15 is 0 Å². The molecule has 0 aromatic heterocycles. The van der Waals surface area contributed by atoms with Gasteiger partial charge in [-0.2, -0.15) is 0 Å². The minimum Gasteiger partial charge on any atom is -0.353 e. The predicted octanol–water partition coefficient (Wildman–Crippen LogP) is 0.823. The van der Waals surface area contributed by atoms with Crippen molar-refractivity contribution in [2.45, 2.75) is 38.5 Å².